The van der Waals surface area contributed by atoms with Crippen LogP contribution in [0.5, 0.6) is 0 Å². The van der Waals surface area contributed by atoms with Gasteiger partial charge in [-0.3, -0.25) is 9.59 Å². The Morgan fingerprint density at radius 1 is 0.946 bits per heavy atom. The van der Waals surface area contributed by atoms with Crippen molar-refractivity contribution in [3.05, 3.63) is 123 Å². The number of hydrazone groups is 1. The number of pyridine rings is 1. The molecule has 2 heterocycles. The number of aromatic nitrogens is 1. The highest BCUT2D eigenvalue weighted by atomic mass is 35.5. The minimum absolute atomic E-state index is 0.188. The Kier molecular flexibility index (Phi) is 6.66. The highest BCUT2D eigenvalue weighted by Crippen LogP contribution is 2.25. The largest absolute Gasteiger partial charge is 0.463 e. The van der Waals surface area contributed by atoms with Crippen LogP contribution < -0.4 is 10.9 Å². The van der Waals surface area contributed by atoms with E-state index in [4.69, 9.17) is 21.0 Å². The van der Waals surface area contributed by atoms with Gasteiger partial charge in [0, 0.05) is 21.7 Å². The molecule has 6 nitrogen and oxygen atoms in total. The first-order valence-electron chi connectivity index (χ1n) is 11.6. The van der Waals surface area contributed by atoms with E-state index in [0.717, 1.165) is 22.3 Å². The van der Waals surface area contributed by atoms with Crippen LogP contribution in [0.2, 0.25) is 5.02 Å². The Morgan fingerprint density at radius 2 is 1.62 bits per heavy atom. The van der Waals surface area contributed by atoms with E-state index in [0.29, 0.717) is 32.9 Å². The van der Waals surface area contributed by atoms with Crippen LogP contribution in [-0.2, 0) is 0 Å². The van der Waals surface area contributed by atoms with Crippen molar-refractivity contribution in [2.45, 2.75) is 13.8 Å². The Labute approximate surface area is 218 Å². The lowest BCUT2D eigenvalue weighted by atomic mass is 10.0. The smallest absolute Gasteiger partial charge is 0.271 e. The number of aryl methyl sites for hydroxylation is 2. The van der Waals surface area contributed by atoms with Crippen molar-refractivity contribution >= 4 is 34.7 Å². The van der Waals surface area contributed by atoms with Gasteiger partial charge in [0.15, 0.2) is 0 Å². The summed E-state index contributed by atoms with van der Waals surface area (Å²) in [5.74, 6) is -0.437. The molecule has 0 saturated carbocycles. The summed E-state index contributed by atoms with van der Waals surface area (Å²) in [6.45, 7) is 3.85. The molecular formula is C30H22ClN3O3. The fraction of sp³-hybridized carbons (Fsp3) is 0.0667. The first-order valence-corrected chi connectivity index (χ1v) is 12.0. The van der Waals surface area contributed by atoms with Gasteiger partial charge in [0.25, 0.3) is 5.91 Å². The fourth-order valence-electron chi connectivity index (χ4n) is 3.87. The van der Waals surface area contributed by atoms with Crippen molar-refractivity contribution in [1.29, 1.82) is 0 Å². The molecule has 0 unspecified atom stereocenters. The van der Waals surface area contributed by atoms with E-state index in [1.165, 1.54) is 12.5 Å². The second-order valence-corrected chi connectivity index (χ2v) is 9.08. The number of hydrogen-bond acceptors (Lipinski definition) is 5. The Hall–Kier alpha value is -4.55. The number of benzene rings is 3. The van der Waals surface area contributed by atoms with E-state index >= 15 is 0 Å². The summed E-state index contributed by atoms with van der Waals surface area (Å²) in [5, 5.41) is 4.82. The van der Waals surface area contributed by atoms with Crippen molar-refractivity contribution in [2.75, 3.05) is 0 Å². The van der Waals surface area contributed by atoms with Crippen molar-refractivity contribution < 1.29 is 9.21 Å². The van der Waals surface area contributed by atoms with Gasteiger partial charge in [-0.15, -0.1) is 0 Å². The summed E-state index contributed by atoms with van der Waals surface area (Å²) in [6, 6.07) is 24.3. The number of nitrogens with one attached hydrogen (secondary N) is 1. The topological polar surface area (TPSA) is 84.6 Å². The maximum Gasteiger partial charge on any atom is 0.271 e. The van der Waals surface area contributed by atoms with Crippen molar-refractivity contribution in [3.8, 4) is 22.5 Å². The number of fused-ring (bicyclic) bond motifs is 1. The van der Waals surface area contributed by atoms with Gasteiger partial charge >= 0.3 is 0 Å². The second-order valence-electron chi connectivity index (χ2n) is 8.68. The minimum Gasteiger partial charge on any atom is -0.463 e. The first kappa shape index (κ1) is 24.2. The average molecular weight is 508 g/mol. The van der Waals surface area contributed by atoms with E-state index in [9.17, 15) is 9.59 Å². The molecule has 182 valence electrons. The van der Waals surface area contributed by atoms with Crippen LogP contribution in [-0.4, -0.2) is 17.1 Å². The molecule has 3 aromatic carbocycles. The Bertz CT molecular complexity index is 1710. The third-order valence-electron chi connectivity index (χ3n) is 5.95. The lowest BCUT2D eigenvalue weighted by Crippen LogP contribution is -2.19. The van der Waals surface area contributed by atoms with E-state index < -0.39 is 5.91 Å². The van der Waals surface area contributed by atoms with E-state index in [2.05, 4.69) is 10.5 Å². The van der Waals surface area contributed by atoms with Crippen LogP contribution in [0.25, 0.3) is 33.5 Å². The minimum atomic E-state index is -0.437. The Morgan fingerprint density at radius 3 is 2.32 bits per heavy atom. The number of hydrogen-bond donors (Lipinski definition) is 1. The third kappa shape index (κ3) is 5.20. The van der Waals surface area contributed by atoms with Crippen molar-refractivity contribution in [2.24, 2.45) is 5.10 Å². The quantitative estimate of drug-likeness (QED) is 0.216. The summed E-state index contributed by atoms with van der Waals surface area (Å²) >= 11 is 6.17. The number of amides is 1. The molecule has 1 amide bonds. The van der Waals surface area contributed by atoms with Crippen molar-refractivity contribution in [3.63, 3.8) is 0 Å². The molecule has 0 spiro atoms. The SMILES string of the molecule is Cc1ccc(-c2cc(C(=O)N/N=C/c3coc4cc(C)c(Cl)cc4c3=O)cc(-c3ccccc3)n2)cc1. The summed E-state index contributed by atoms with van der Waals surface area (Å²) in [5.41, 5.74) is 8.26. The fourth-order valence-corrected chi connectivity index (χ4v) is 4.03. The molecule has 0 saturated heterocycles. The van der Waals surface area contributed by atoms with Gasteiger partial charge in [0.1, 0.15) is 11.8 Å². The van der Waals surface area contributed by atoms with Gasteiger partial charge in [-0.05, 0) is 43.7 Å². The van der Waals surface area contributed by atoms with Crippen LogP contribution in [0.3, 0.4) is 0 Å². The monoisotopic (exact) mass is 507 g/mol. The number of rotatable bonds is 5. The molecule has 7 heteroatoms. The van der Waals surface area contributed by atoms with E-state index in [1.54, 1.807) is 24.3 Å². The lowest BCUT2D eigenvalue weighted by Gasteiger charge is -2.09. The summed E-state index contributed by atoms with van der Waals surface area (Å²) in [7, 11) is 0. The number of carbonyl (C=O) groups excluding carboxylic acids is 1. The van der Waals surface area contributed by atoms with Gasteiger partial charge in [-0.2, -0.15) is 5.10 Å². The molecular weight excluding hydrogens is 486 g/mol. The van der Waals surface area contributed by atoms with Gasteiger partial charge < -0.3 is 4.42 Å². The molecule has 0 radical (unpaired) electrons. The van der Waals surface area contributed by atoms with Gasteiger partial charge in [-0.25, -0.2) is 10.4 Å². The number of carbonyl (C=O) groups is 1. The standard InChI is InChI=1S/C30H22ClN3O3/c1-18-8-10-21(11-9-18)27-14-22(13-26(33-27)20-6-4-3-5-7-20)30(36)34-32-16-23-17-37-28-12-19(2)25(31)15-24(28)29(23)35/h3-17H,1-2H3,(H,34,36)/b32-16+. The van der Waals surface area contributed by atoms with E-state index in [-0.39, 0.29) is 11.0 Å². The molecule has 2 aromatic heterocycles. The second kappa shape index (κ2) is 10.2. The molecule has 37 heavy (non-hydrogen) atoms. The highest BCUT2D eigenvalue weighted by Gasteiger charge is 2.13. The van der Waals surface area contributed by atoms with Crippen LogP contribution in [0.4, 0.5) is 0 Å². The Balaban J connectivity index is 1.45. The normalized spacial score (nSPS) is 11.2. The van der Waals surface area contributed by atoms with Gasteiger partial charge in [0.2, 0.25) is 5.43 Å². The van der Waals surface area contributed by atoms with Crippen LogP contribution in [0, 0.1) is 13.8 Å². The van der Waals surface area contributed by atoms with Crippen molar-refractivity contribution in [1.82, 2.24) is 10.4 Å². The molecule has 0 aliphatic rings. The zero-order valence-corrected chi connectivity index (χ0v) is 20.9. The summed E-state index contributed by atoms with van der Waals surface area (Å²) in [4.78, 5) is 30.7. The molecule has 1 N–H and O–H groups in total. The predicted molar refractivity (Wildman–Crippen MR) is 147 cm³/mol. The van der Waals surface area contributed by atoms with Gasteiger partial charge in [0.05, 0.1) is 28.6 Å². The molecule has 0 aliphatic heterocycles. The predicted octanol–water partition coefficient (Wildman–Crippen LogP) is 6.56. The molecule has 0 aliphatic carbocycles. The lowest BCUT2D eigenvalue weighted by molar-refractivity contribution is 0.0955. The highest BCUT2D eigenvalue weighted by molar-refractivity contribution is 6.32. The third-order valence-corrected chi connectivity index (χ3v) is 6.36. The van der Waals surface area contributed by atoms with Gasteiger partial charge in [-0.1, -0.05) is 71.8 Å². The average Bonchev–Trinajstić information content (AvgIpc) is 2.92. The van der Waals surface area contributed by atoms with Crippen LogP contribution in [0.1, 0.15) is 27.0 Å². The zero-order valence-electron chi connectivity index (χ0n) is 20.2. The molecule has 0 fully saturated rings. The van der Waals surface area contributed by atoms with Crippen LogP contribution >= 0.6 is 11.6 Å². The molecule has 5 aromatic rings. The molecule has 0 atom stereocenters. The maximum atomic E-state index is 13.1. The van der Waals surface area contributed by atoms with E-state index in [1.807, 2.05) is 68.4 Å². The number of halogens is 1. The van der Waals surface area contributed by atoms with Crippen LogP contribution in [0.15, 0.2) is 99.4 Å². The number of nitrogens with zero attached hydrogens (tertiary/aromatic N) is 2. The maximum absolute atomic E-state index is 13.1. The first-order chi connectivity index (χ1) is 17.9. The molecule has 5 rings (SSSR count). The molecule has 0 bridgehead atoms. The zero-order chi connectivity index (χ0) is 25.9. The summed E-state index contributed by atoms with van der Waals surface area (Å²) < 4.78 is 5.57. The summed E-state index contributed by atoms with van der Waals surface area (Å²) in [6.07, 6.45) is 2.57.